The molecule has 0 saturated heterocycles. The Balaban J connectivity index is 2.15. The van der Waals surface area contributed by atoms with E-state index in [-0.39, 0.29) is 0 Å². The van der Waals surface area contributed by atoms with Crippen molar-refractivity contribution in [3.05, 3.63) is 40.0 Å². The molecule has 0 radical (unpaired) electrons. The molecule has 0 fully saturated rings. The van der Waals surface area contributed by atoms with E-state index in [4.69, 9.17) is 5.10 Å². The molecule has 1 aromatic carbocycles. The lowest BCUT2D eigenvalue weighted by molar-refractivity contribution is 0.832. The highest BCUT2D eigenvalue weighted by molar-refractivity contribution is 9.10. The SMILES string of the molecule is CCc1nn(-c2cccc(Br)c2)c2c1CCN2. The monoisotopic (exact) mass is 291 g/mol. The van der Waals surface area contributed by atoms with Gasteiger partial charge in [-0.05, 0) is 31.0 Å². The molecule has 3 nitrogen and oxygen atoms in total. The first-order valence-corrected chi connectivity index (χ1v) is 6.69. The van der Waals surface area contributed by atoms with Gasteiger partial charge in [-0.1, -0.05) is 28.9 Å². The Morgan fingerprint density at radius 2 is 2.35 bits per heavy atom. The molecule has 0 unspecified atom stereocenters. The Kier molecular flexibility index (Phi) is 2.67. The van der Waals surface area contributed by atoms with Gasteiger partial charge in [-0.3, -0.25) is 0 Å². The lowest BCUT2D eigenvalue weighted by Gasteiger charge is -2.06. The van der Waals surface area contributed by atoms with Gasteiger partial charge in [-0.2, -0.15) is 5.10 Å². The van der Waals surface area contributed by atoms with Crippen molar-refractivity contribution in [2.45, 2.75) is 19.8 Å². The number of hydrogen-bond acceptors (Lipinski definition) is 2. The molecule has 1 aromatic heterocycles. The quantitative estimate of drug-likeness (QED) is 0.921. The van der Waals surface area contributed by atoms with Gasteiger partial charge in [0.05, 0.1) is 11.4 Å². The second-order valence-corrected chi connectivity index (χ2v) is 5.11. The Bertz CT molecular complexity index is 560. The van der Waals surface area contributed by atoms with Crippen molar-refractivity contribution in [3.8, 4) is 5.69 Å². The molecule has 0 bridgehead atoms. The van der Waals surface area contributed by atoms with Crippen LogP contribution in [0.2, 0.25) is 0 Å². The van der Waals surface area contributed by atoms with E-state index in [0.717, 1.165) is 29.5 Å². The first kappa shape index (κ1) is 10.8. The molecule has 2 heterocycles. The molecule has 2 aromatic rings. The van der Waals surface area contributed by atoms with E-state index in [0.29, 0.717) is 0 Å². The second-order valence-electron chi connectivity index (χ2n) is 4.20. The smallest absolute Gasteiger partial charge is 0.133 e. The van der Waals surface area contributed by atoms with Crippen LogP contribution in [0.25, 0.3) is 5.69 Å². The summed E-state index contributed by atoms with van der Waals surface area (Å²) in [6.45, 7) is 3.18. The van der Waals surface area contributed by atoms with Gasteiger partial charge in [0.15, 0.2) is 0 Å². The average Bonchev–Trinajstić information content (AvgIpc) is 2.89. The summed E-state index contributed by atoms with van der Waals surface area (Å²) in [6, 6.07) is 8.24. The van der Waals surface area contributed by atoms with E-state index in [1.807, 2.05) is 16.8 Å². The highest BCUT2D eigenvalue weighted by Crippen LogP contribution is 2.29. The highest BCUT2D eigenvalue weighted by Gasteiger charge is 2.21. The molecular weight excluding hydrogens is 278 g/mol. The third-order valence-electron chi connectivity index (χ3n) is 3.12. The Morgan fingerprint density at radius 1 is 1.47 bits per heavy atom. The van der Waals surface area contributed by atoms with E-state index < -0.39 is 0 Å². The van der Waals surface area contributed by atoms with Gasteiger partial charge < -0.3 is 5.32 Å². The van der Waals surface area contributed by atoms with Gasteiger partial charge >= 0.3 is 0 Å². The number of rotatable bonds is 2. The molecule has 17 heavy (non-hydrogen) atoms. The minimum atomic E-state index is 0.991. The summed E-state index contributed by atoms with van der Waals surface area (Å²) < 4.78 is 3.10. The zero-order valence-corrected chi connectivity index (χ0v) is 11.3. The van der Waals surface area contributed by atoms with Crippen LogP contribution < -0.4 is 5.32 Å². The molecule has 1 N–H and O–H groups in total. The van der Waals surface area contributed by atoms with Crippen LogP contribution >= 0.6 is 15.9 Å². The highest BCUT2D eigenvalue weighted by atomic mass is 79.9. The van der Waals surface area contributed by atoms with E-state index >= 15 is 0 Å². The van der Waals surface area contributed by atoms with Gasteiger partial charge in [0, 0.05) is 16.6 Å². The molecule has 3 rings (SSSR count). The zero-order chi connectivity index (χ0) is 11.8. The van der Waals surface area contributed by atoms with E-state index in [2.05, 4.69) is 40.3 Å². The predicted molar refractivity (Wildman–Crippen MR) is 72.8 cm³/mol. The van der Waals surface area contributed by atoms with Crippen LogP contribution in [0.5, 0.6) is 0 Å². The Labute approximate surface area is 109 Å². The number of benzene rings is 1. The number of aromatic nitrogens is 2. The van der Waals surface area contributed by atoms with Crippen LogP contribution in [-0.4, -0.2) is 16.3 Å². The summed E-state index contributed by atoms with van der Waals surface area (Å²) >= 11 is 3.50. The van der Waals surface area contributed by atoms with Gasteiger partial charge in [-0.25, -0.2) is 4.68 Å². The van der Waals surface area contributed by atoms with Crippen molar-refractivity contribution < 1.29 is 0 Å². The summed E-state index contributed by atoms with van der Waals surface area (Å²) in [5.41, 5.74) is 3.70. The van der Waals surface area contributed by atoms with Crippen LogP contribution in [-0.2, 0) is 12.8 Å². The number of fused-ring (bicyclic) bond motifs is 1. The number of nitrogens with zero attached hydrogens (tertiary/aromatic N) is 2. The number of halogens is 1. The Hall–Kier alpha value is -1.29. The molecule has 0 aliphatic carbocycles. The van der Waals surface area contributed by atoms with Crippen LogP contribution in [0, 0.1) is 0 Å². The molecule has 0 atom stereocenters. The van der Waals surface area contributed by atoms with E-state index in [9.17, 15) is 0 Å². The van der Waals surface area contributed by atoms with Crippen LogP contribution in [0.15, 0.2) is 28.7 Å². The normalized spacial score (nSPS) is 13.5. The summed E-state index contributed by atoms with van der Waals surface area (Å²) in [5, 5.41) is 8.12. The van der Waals surface area contributed by atoms with Crippen molar-refractivity contribution >= 4 is 21.7 Å². The van der Waals surface area contributed by atoms with Crippen LogP contribution in [0.4, 0.5) is 5.82 Å². The van der Waals surface area contributed by atoms with E-state index in [1.54, 1.807) is 0 Å². The minimum absolute atomic E-state index is 0.991. The van der Waals surface area contributed by atoms with Crippen molar-refractivity contribution in [1.82, 2.24) is 9.78 Å². The van der Waals surface area contributed by atoms with Gasteiger partial charge in [0.25, 0.3) is 0 Å². The van der Waals surface area contributed by atoms with Gasteiger partial charge in [-0.15, -0.1) is 0 Å². The van der Waals surface area contributed by atoms with Crippen LogP contribution in [0.1, 0.15) is 18.2 Å². The molecule has 0 amide bonds. The maximum atomic E-state index is 4.70. The minimum Gasteiger partial charge on any atom is -0.369 e. The van der Waals surface area contributed by atoms with Gasteiger partial charge in [0.2, 0.25) is 0 Å². The topological polar surface area (TPSA) is 29.9 Å². The Morgan fingerprint density at radius 3 is 3.12 bits per heavy atom. The van der Waals surface area contributed by atoms with Gasteiger partial charge in [0.1, 0.15) is 5.82 Å². The third-order valence-corrected chi connectivity index (χ3v) is 3.62. The van der Waals surface area contributed by atoms with Crippen molar-refractivity contribution in [1.29, 1.82) is 0 Å². The number of hydrogen-bond donors (Lipinski definition) is 1. The first-order chi connectivity index (χ1) is 8.29. The maximum Gasteiger partial charge on any atom is 0.133 e. The third kappa shape index (κ3) is 1.76. The largest absolute Gasteiger partial charge is 0.369 e. The molecule has 88 valence electrons. The molecule has 0 spiro atoms. The first-order valence-electron chi connectivity index (χ1n) is 5.90. The lowest BCUT2D eigenvalue weighted by Crippen LogP contribution is -2.04. The fourth-order valence-electron chi connectivity index (χ4n) is 2.32. The lowest BCUT2D eigenvalue weighted by atomic mass is 10.2. The number of aryl methyl sites for hydroxylation is 1. The molecular formula is C13H14BrN3. The fraction of sp³-hybridized carbons (Fsp3) is 0.308. The van der Waals surface area contributed by atoms with Crippen molar-refractivity contribution in [2.75, 3.05) is 11.9 Å². The molecule has 1 aliphatic heterocycles. The number of nitrogens with one attached hydrogen (secondary N) is 1. The molecule has 4 heteroatoms. The summed E-state index contributed by atoms with van der Waals surface area (Å²) in [5.74, 6) is 1.17. The molecule has 0 saturated carbocycles. The van der Waals surface area contributed by atoms with E-state index in [1.165, 1.54) is 17.1 Å². The predicted octanol–water partition coefficient (Wildman–Crippen LogP) is 3.17. The zero-order valence-electron chi connectivity index (χ0n) is 9.70. The maximum absolute atomic E-state index is 4.70. The summed E-state index contributed by atoms with van der Waals surface area (Å²) in [6.07, 6.45) is 2.08. The van der Waals surface area contributed by atoms with Crippen molar-refractivity contribution in [3.63, 3.8) is 0 Å². The second kappa shape index (κ2) is 4.18. The summed E-state index contributed by atoms with van der Waals surface area (Å²) in [4.78, 5) is 0. The number of anilines is 1. The van der Waals surface area contributed by atoms with Crippen molar-refractivity contribution in [2.24, 2.45) is 0 Å². The van der Waals surface area contributed by atoms with Crippen LogP contribution in [0.3, 0.4) is 0 Å². The fourth-order valence-corrected chi connectivity index (χ4v) is 2.71. The summed E-state index contributed by atoms with van der Waals surface area (Å²) in [7, 11) is 0. The molecule has 1 aliphatic rings. The average molecular weight is 292 g/mol. The standard InChI is InChI=1S/C13H14BrN3/c1-2-12-11-6-7-15-13(11)17(16-12)10-5-3-4-9(14)8-10/h3-5,8,15H,2,6-7H2,1H3.